The molecule has 1 atom stereocenters. The molecule has 1 aromatic carbocycles. The van der Waals surface area contributed by atoms with Gasteiger partial charge in [-0.1, -0.05) is 19.1 Å². The van der Waals surface area contributed by atoms with Crippen molar-refractivity contribution in [1.82, 2.24) is 25.2 Å². The maximum atomic E-state index is 12.4. The molecule has 9 nitrogen and oxygen atoms in total. The van der Waals surface area contributed by atoms with Crippen LogP contribution in [0.25, 0.3) is 0 Å². The van der Waals surface area contributed by atoms with E-state index in [2.05, 4.69) is 27.4 Å². The third-order valence-electron chi connectivity index (χ3n) is 6.42. The Balaban J connectivity index is 1.50. The highest BCUT2D eigenvalue weighted by Gasteiger charge is 2.42. The van der Waals surface area contributed by atoms with E-state index in [1.165, 1.54) is 0 Å². The van der Waals surface area contributed by atoms with Crippen molar-refractivity contribution in [2.24, 2.45) is 0 Å². The first-order valence-electron chi connectivity index (χ1n) is 11.3. The van der Waals surface area contributed by atoms with Crippen molar-refractivity contribution in [3.05, 3.63) is 65.0 Å². The van der Waals surface area contributed by atoms with Gasteiger partial charge >= 0.3 is 0 Å². The fraction of sp³-hybridized carbons (Fsp3) is 0.360. The average Bonchev–Trinajstić information content (AvgIpc) is 3.27. The largest absolute Gasteiger partial charge is 0.384 e. The number of amides is 1. The standard InChI is InChI=1S/C25H29N7O2/c1-25(15-34-4)14-32(21-7-5-6-18(28-21)11-26-2)22-20(25)12-27-24(30-22)29-17-9-8-16-13-31(3)23(33)19(16)10-17/h5-10,12,26H,11,13-15H2,1-4H3,(H,27,29,30)/t25-/m0/s1. The van der Waals surface area contributed by atoms with Crippen LogP contribution < -0.4 is 15.5 Å². The molecule has 0 spiro atoms. The van der Waals surface area contributed by atoms with Gasteiger partial charge < -0.3 is 25.2 Å². The number of methoxy groups -OCH3 is 1. The number of ether oxygens (including phenoxy) is 1. The quantitative estimate of drug-likeness (QED) is 0.557. The van der Waals surface area contributed by atoms with E-state index in [4.69, 9.17) is 14.7 Å². The van der Waals surface area contributed by atoms with E-state index in [9.17, 15) is 4.79 Å². The molecule has 0 saturated heterocycles. The van der Waals surface area contributed by atoms with Crippen LogP contribution in [0.3, 0.4) is 0 Å². The van der Waals surface area contributed by atoms with Gasteiger partial charge in [-0.25, -0.2) is 9.97 Å². The summed E-state index contributed by atoms with van der Waals surface area (Å²) < 4.78 is 5.56. The number of hydrogen-bond donors (Lipinski definition) is 2. The summed E-state index contributed by atoms with van der Waals surface area (Å²) in [5.41, 5.74) is 4.23. The van der Waals surface area contributed by atoms with E-state index in [-0.39, 0.29) is 11.3 Å². The van der Waals surface area contributed by atoms with Crippen molar-refractivity contribution in [1.29, 1.82) is 0 Å². The molecule has 1 amide bonds. The van der Waals surface area contributed by atoms with Crippen LogP contribution in [-0.2, 0) is 23.2 Å². The van der Waals surface area contributed by atoms with Gasteiger partial charge in [-0.2, -0.15) is 4.98 Å². The Bertz CT molecular complexity index is 1250. The smallest absolute Gasteiger partial charge is 0.254 e. The molecule has 4 heterocycles. The zero-order valence-corrected chi connectivity index (χ0v) is 19.9. The first-order valence-corrected chi connectivity index (χ1v) is 11.3. The number of rotatable bonds is 7. The lowest BCUT2D eigenvalue weighted by molar-refractivity contribution is 0.0816. The second-order valence-corrected chi connectivity index (χ2v) is 9.19. The Labute approximate surface area is 199 Å². The lowest BCUT2D eigenvalue weighted by Gasteiger charge is -2.24. The first kappa shape index (κ1) is 22.2. The fourth-order valence-corrected chi connectivity index (χ4v) is 4.76. The van der Waals surface area contributed by atoms with Crippen LogP contribution in [0, 0.1) is 0 Å². The Morgan fingerprint density at radius 2 is 2.06 bits per heavy atom. The van der Waals surface area contributed by atoms with E-state index in [0.29, 0.717) is 37.8 Å². The molecule has 2 N–H and O–H groups in total. The Kier molecular flexibility index (Phi) is 5.66. The molecule has 0 aliphatic carbocycles. The fourth-order valence-electron chi connectivity index (χ4n) is 4.76. The van der Waals surface area contributed by atoms with Crippen LogP contribution in [0.2, 0.25) is 0 Å². The van der Waals surface area contributed by atoms with Gasteiger partial charge in [-0.15, -0.1) is 0 Å². The SMILES string of the molecule is CNCc1cccc(N2C[C@@](C)(COC)c3cnc(Nc4ccc5c(c4)C(=O)N(C)C5)nc32)n1. The minimum atomic E-state index is -0.270. The molecule has 5 rings (SSSR count). The van der Waals surface area contributed by atoms with Crippen LogP contribution in [0.5, 0.6) is 0 Å². The van der Waals surface area contributed by atoms with Gasteiger partial charge in [0.15, 0.2) is 0 Å². The normalized spacial score (nSPS) is 18.9. The number of anilines is 4. The van der Waals surface area contributed by atoms with Crippen molar-refractivity contribution in [3.63, 3.8) is 0 Å². The zero-order chi connectivity index (χ0) is 23.9. The van der Waals surface area contributed by atoms with Gasteiger partial charge in [-0.3, -0.25) is 4.79 Å². The number of hydrogen-bond acceptors (Lipinski definition) is 8. The third kappa shape index (κ3) is 3.86. The van der Waals surface area contributed by atoms with E-state index in [1.807, 2.05) is 56.7 Å². The zero-order valence-electron chi connectivity index (χ0n) is 19.9. The molecule has 2 aromatic heterocycles. The number of aromatic nitrogens is 3. The van der Waals surface area contributed by atoms with Crippen LogP contribution in [0.4, 0.5) is 23.3 Å². The van der Waals surface area contributed by atoms with Gasteiger partial charge in [0, 0.05) is 62.2 Å². The third-order valence-corrected chi connectivity index (χ3v) is 6.42. The molecule has 0 bridgehead atoms. The van der Waals surface area contributed by atoms with Crippen molar-refractivity contribution >= 4 is 29.2 Å². The molecule has 3 aromatic rings. The van der Waals surface area contributed by atoms with E-state index < -0.39 is 0 Å². The number of fused-ring (bicyclic) bond motifs is 2. The Hall–Kier alpha value is -3.56. The lowest BCUT2D eigenvalue weighted by Crippen LogP contribution is -2.33. The Morgan fingerprint density at radius 1 is 1.21 bits per heavy atom. The number of carbonyl (C=O) groups is 1. The molecule has 2 aliphatic rings. The molecular formula is C25H29N7O2. The van der Waals surface area contributed by atoms with Gasteiger partial charge in [0.2, 0.25) is 5.95 Å². The summed E-state index contributed by atoms with van der Waals surface area (Å²) >= 11 is 0. The summed E-state index contributed by atoms with van der Waals surface area (Å²) in [4.78, 5) is 30.6. The number of benzene rings is 1. The summed E-state index contributed by atoms with van der Waals surface area (Å²) in [7, 11) is 5.43. The lowest BCUT2D eigenvalue weighted by atomic mass is 9.87. The molecule has 0 saturated carbocycles. The summed E-state index contributed by atoms with van der Waals surface area (Å²) in [6, 6.07) is 11.8. The predicted octanol–water partition coefficient (Wildman–Crippen LogP) is 2.98. The van der Waals surface area contributed by atoms with Crippen molar-refractivity contribution < 1.29 is 9.53 Å². The number of nitrogens with one attached hydrogen (secondary N) is 2. The maximum Gasteiger partial charge on any atom is 0.254 e. The number of pyridine rings is 1. The molecule has 34 heavy (non-hydrogen) atoms. The van der Waals surface area contributed by atoms with Crippen LogP contribution in [0.15, 0.2) is 42.6 Å². The molecular weight excluding hydrogens is 430 g/mol. The predicted molar refractivity (Wildman–Crippen MR) is 131 cm³/mol. The maximum absolute atomic E-state index is 12.4. The highest BCUT2D eigenvalue weighted by Crippen LogP contribution is 2.43. The van der Waals surface area contributed by atoms with Crippen molar-refractivity contribution in [2.45, 2.75) is 25.4 Å². The number of carbonyl (C=O) groups excluding carboxylic acids is 1. The van der Waals surface area contributed by atoms with Crippen LogP contribution in [-0.4, -0.2) is 60.1 Å². The second-order valence-electron chi connectivity index (χ2n) is 9.19. The molecule has 0 radical (unpaired) electrons. The van der Waals surface area contributed by atoms with E-state index >= 15 is 0 Å². The summed E-state index contributed by atoms with van der Waals surface area (Å²) in [6.07, 6.45) is 1.87. The molecule has 2 aliphatic heterocycles. The van der Waals surface area contributed by atoms with Crippen LogP contribution >= 0.6 is 0 Å². The highest BCUT2D eigenvalue weighted by atomic mass is 16.5. The monoisotopic (exact) mass is 459 g/mol. The van der Waals surface area contributed by atoms with Crippen molar-refractivity contribution in [3.8, 4) is 0 Å². The summed E-state index contributed by atoms with van der Waals surface area (Å²) in [6.45, 7) is 4.71. The highest BCUT2D eigenvalue weighted by molar-refractivity contribution is 5.99. The Morgan fingerprint density at radius 3 is 2.85 bits per heavy atom. The van der Waals surface area contributed by atoms with Gasteiger partial charge in [0.05, 0.1) is 12.3 Å². The molecule has 0 fully saturated rings. The van der Waals surface area contributed by atoms with E-state index in [0.717, 1.165) is 34.1 Å². The van der Waals surface area contributed by atoms with Crippen molar-refractivity contribution in [2.75, 3.05) is 44.6 Å². The second kappa shape index (κ2) is 8.66. The first-order chi connectivity index (χ1) is 16.4. The van der Waals surface area contributed by atoms with Gasteiger partial charge in [0.1, 0.15) is 11.6 Å². The average molecular weight is 460 g/mol. The summed E-state index contributed by atoms with van der Waals surface area (Å²) in [5.74, 6) is 2.14. The minimum Gasteiger partial charge on any atom is -0.384 e. The minimum absolute atomic E-state index is 0.0301. The molecule has 9 heteroatoms. The molecule has 0 unspecified atom stereocenters. The van der Waals surface area contributed by atoms with Gasteiger partial charge in [0.25, 0.3) is 5.91 Å². The van der Waals surface area contributed by atoms with Crippen LogP contribution in [0.1, 0.15) is 34.1 Å². The number of nitrogens with zero attached hydrogens (tertiary/aromatic N) is 5. The summed E-state index contributed by atoms with van der Waals surface area (Å²) in [5, 5.41) is 6.43. The van der Waals surface area contributed by atoms with Gasteiger partial charge in [-0.05, 0) is 36.9 Å². The topological polar surface area (TPSA) is 95.5 Å². The van der Waals surface area contributed by atoms with E-state index in [1.54, 1.807) is 12.0 Å². The molecule has 176 valence electrons.